The van der Waals surface area contributed by atoms with Gasteiger partial charge in [-0.2, -0.15) is 5.10 Å². The second kappa shape index (κ2) is 7.47. The number of hydrogen-bond acceptors (Lipinski definition) is 6. The smallest absolute Gasteiger partial charge is 0.343 e. The number of rotatable bonds is 8. The van der Waals surface area contributed by atoms with Crippen LogP contribution >= 0.6 is 0 Å². The van der Waals surface area contributed by atoms with Crippen molar-refractivity contribution >= 4 is 11.8 Å². The molecule has 0 unspecified atom stereocenters. The lowest BCUT2D eigenvalue weighted by Crippen LogP contribution is -2.23. The molecule has 0 radical (unpaired) electrons. The molecule has 8 nitrogen and oxygen atoms in total. The number of hydrogen-bond donors (Lipinski definition) is 2. The van der Waals surface area contributed by atoms with Gasteiger partial charge in [-0.3, -0.25) is 4.68 Å². The van der Waals surface area contributed by atoms with Crippen molar-refractivity contribution in [3.05, 3.63) is 47.0 Å². The van der Waals surface area contributed by atoms with E-state index in [0.29, 0.717) is 12.1 Å². The fraction of sp³-hybridized carbons (Fsp3) is 0.381. The molecule has 0 saturated heterocycles. The topological polar surface area (TPSA) is 102 Å². The third-order valence-electron chi connectivity index (χ3n) is 5.50. The lowest BCUT2D eigenvalue weighted by Gasteiger charge is -2.17. The number of aryl methyl sites for hydroxylation is 2. The maximum Gasteiger partial charge on any atom is 0.343 e. The predicted octanol–water partition coefficient (Wildman–Crippen LogP) is 3.89. The SMILES string of the molecule is COc1cc(-c2onc(NCC3(Cn4nc(C)cc4C)CC3)c2C(=O)O)ccc1F. The van der Waals surface area contributed by atoms with Crippen LogP contribution in [0.2, 0.25) is 0 Å². The van der Waals surface area contributed by atoms with Crippen LogP contribution in [-0.4, -0.2) is 39.7 Å². The first-order valence-corrected chi connectivity index (χ1v) is 9.64. The summed E-state index contributed by atoms with van der Waals surface area (Å²) in [4.78, 5) is 11.9. The summed E-state index contributed by atoms with van der Waals surface area (Å²) in [6, 6.07) is 6.05. The lowest BCUT2D eigenvalue weighted by molar-refractivity contribution is 0.0698. The number of aromatic carboxylic acids is 1. The summed E-state index contributed by atoms with van der Waals surface area (Å²) in [5, 5.41) is 21.3. The van der Waals surface area contributed by atoms with Crippen molar-refractivity contribution in [2.75, 3.05) is 19.0 Å². The molecule has 158 valence electrons. The minimum atomic E-state index is -1.18. The Balaban J connectivity index is 1.55. The maximum absolute atomic E-state index is 13.7. The number of carboxylic acids is 1. The van der Waals surface area contributed by atoms with Crippen LogP contribution in [0, 0.1) is 25.1 Å². The zero-order chi connectivity index (χ0) is 21.5. The third kappa shape index (κ3) is 3.74. The van der Waals surface area contributed by atoms with Gasteiger partial charge < -0.3 is 19.7 Å². The quantitative estimate of drug-likeness (QED) is 0.576. The fourth-order valence-corrected chi connectivity index (χ4v) is 3.60. The van der Waals surface area contributed by atoms with E-state index >= 15 is 0 Å². The van der Waals surface area contributed by atoms with E-state index in [1.807, 2.05) is 24.6 Å². The predicted molar refractivity (Wildman–Crippen MR) is 107 cm³/mol. The molecule has 0 spiro atoms. The van der Waals surface area contributed by atoms with Crippen molar-refractivity contribution in [1.29, 1.82) is 0 Å². The summed E-state index contributed by atoms with van der Waals surface area (Å²) in [7, 11) is 1.34. The van der Waals surface area contributed by atoms with E-state index in [9.17, 15) is 14.3 Å². The Bertz CT molecular complexity index is 1100. The van der Waals surface area contributed by atoms with E-state index < -0.39 is 11.8 Å². The second-order valence-corrected chi connectivity index (χ2v) is 7.83. The number of nitrogens with one attached hydrogen (secondary N) is 1. The van der Waals surface area contributed by atoms with Gasteiger partial charge in [0.05, 0.1) is 12.8 Å². The number of carbonyl (C=O) groups is 1. The maximum atomic E-state index is 13.7. The molecule has 1 aliphatic rings. The molecule has 1 aliphatic carbocycles. The molecule has 1 saturated carbocycles. The molecule has 9 heteroatoms. The van der Waals surface area contributed by atoms with E-state index in [4.69, 9.17) is 9.26 Å². The summed E-state index contributed by atoms with van der Waals surface area (Å²) >= 11 is 0. The summed E-state index contributed by atoms with van der Waals surface area (Å²) in [6.45, 7) is 5.28. The number of halogens is 1. The highest BCUT2D eigenvalue weighted by Crippen LogP contribution is 2.47. The molecule has 0 aliphatic heterocycles. The van der Waals surface area contributed by atoms with Crippen LogP contribution in [0.4, 0.5) is 10.2 Å². The summed E-state index contributed by atoms with van der Waals surface area (Å²) in [5.41, 5.74) is 2.34. The first kappa shape index (κ1) is 19.9. The van der Waals surface area contributed by atoms with Gasteiger partial charge in [0.2, 0.25) is 0 Å². The van der Waals surface area contributed by atoms with Crippen LogP contribution in [0.1, 0.15) is 34.6 Å². The Kier molecular flexibility index (Phi) is 4.97. The minimum absolute atomic E-state index is 0.00278. The fourth-order valence-electron chi connectivity index (χ4n) is 3.60. The van der Waals surface area contributed by atoms with Gasteiger partial charge in [0, 0.05) is 29.8 Å². The Labute approximate surface area is 172 Å². The Morgan fingerprint density at radius 1 is 1.37 bits per heavy atom. The molecule has 0 atom stereocenters. The van der Waals surface area contributed by atoms with E-state index in [-0.39, 0.29) is 28.3 Å². The molecule has 1 fully saturated rings. The first-order valence-electron chi connectivity index (χ1n) is 9.64. The van der Waals surface area contributed by atoms with Crippen molar-refractivity contribution < 1.29 is 23.6 Å². The van der Waals surface area contributed by atoms with Gasteiger partial charge >= 0.3 is 5.97 Å². The van der Waals surface area contributed by atoms with E-state index in [0.717, 1.165) is 30.8 Å². The van der Waals surface area contributed by atoms with Gasteiger partial charge in [0.15, 0.2) is 28.7 Å². The Hall–Kier alpha value is -3.36. The Morgan fingerprint density at radius 3 is 2.73 bits per heavy atom. The average molecular weight is 414 g/mol. The van der Waals surface area contributed by atoms with Crippen molar-refractivity contribution in [1.82, 2.24) is 14.9 Å². The van der Waals surface area contributed by atoms with Gasteiger partial charge in [-0.05, 0) is 51.0 Å². The number of carboxylic acid groups (broad SMARTS) is 1. The van der Waals surface area contributed by atoms with Gasteiger partial charge in [-0.15, -0.1) is 0 Å². The Morgan fingerprint density at radius 2 is 2.13 bits per heavy atom. The van der Waals surface area contributed by atoms with E-state index in [2.05, 4.69) is 15.6 Å². The average Bonchev–Trinajstić information content (AvgIpc) is 3.20. The lowest BCUT2D eigenvalue weighted by atomic mass is 10.1. The van der Waals surface area contributed by atoms with Crippen molar-refractivity contribution in [3.63, 3.8) is 0 Å². The number of aromatic nitrogens is 3. The van der Waals surface area contributed by atoms with E-state index in [1.54, 1.807) is 0 Å². The zero-order valence-electron chi connectivity index (χ0n) is 17.0. The van der Waals surface area contributed by atoms with Crippen molar-refractivity contribution in [2.24, 2.45) is 5.41 Å². The molecule has 0 amide bonds. The standard InChI is InChI=1S/C21H23FN4O4/c1-12-8-13(2)26(24-12)11-21(6-7-21)10-23-19-17(20(27)28)18(30-25-19)14-4-5-15(22)16(9-14)29-3/h4-5,8-9H,6-7,10-11H2,1-3H3,(H,23,25)(H,27,28). The molecular formula is C21H23FN4O4. The molecule has 2 heterocycles. The summed E-state index contributed by atoms with van der Waals surface area (Å²) < 4.78 is 26.0. The number of nitrogens with zero attached hydrogens (tertiary/aromatic N) is 3. The van der Waals surface area contributed by atoms with Crippen LogP contribution in [0.3, 0.4) is 0 Å². The third-order valence-corrected chi connectivity index (χ3v) is 5.50. The van der Waals surface area contributed by atoms with Gasteiger partial charge in [0.1, 0.15) is 0 Å². The number of anilines is 1. The molecule has 4 rings (SSSR count). The molecule has 2 aromatic heterocycles. The van der Waals surface area contributed by atoms with Crippen molar-refractivity contribution in [2.45, 2.75) is 33.2 Å². The highest BCUT2D eigenvalue weighted by atomic mass is 19.1. The van der Waals surface area contributed by atoms with Crippen LogP contribution in [-0.2, 0) is 6.54 Å². The van der Waals surface area contributed by atoms with Crippen LogP contribution < -0.4 is 10.1 Å². The van der Waals surface area contributed by atoms with Crippen LogP contribution in [0.5, 0.6) is 5.75 Å². The molecule has 0 bridgehead atoms. The van der Waals surface area contributed by atoms with Gasteiger partial charge in [-0.1, -0.05) is 5.16 Å². The molecule has 1 aromatic carbocycles. The van der Waals surface area contributed by atoms with E-state index in [1.165, 1.54) is 25.3 Å². The summed E-state index contributed by atoms with van der Waals surface area (Å²) in [6.07, 6.45) is 2.03. The highest BCUT2D eigenvalue weighted by molar-refractivity contribution is 5.99. The normalized spacial score (nSPS) is 14.5. The zero-order valence-corrected chi connectivity index (χ0v) is 17.0. The summed E-state index contributed by atoms with van der Waals surface area (Å²) in [5.74, 6) is -1.53. The molecular weight excluding hydrogens is 391 g/mol. The van der Waals surface area contributed by atoms with Gasteiger partial charge in [0.25, 0.3) is 0 Å². The number of methoxy groups -OCH3 is 1. The molecule has 3 aromatic rings. The molecule has 2 N–H and O–H groups in total. The highest BCUT2D eigenvalue weighted by Gasteiger charge is 2.43. The monoisotopic (exact) mass is 414 g/mol. The van der Waals surface area contributed by atoms with Crippen LogP contribution in [0.15, 0.2) is 28.8 Å². The minimum Gasteiger partial charge on any atom is -0.494 e. The largest absolute Gasteiger partial charge is 0.494 e. The number of benzene rings is 1. The van der Waals surface area contributed by atoms with Gasteiger partial charge in [-0.25, -0.2) is 9.18 Å². The first-order chi connectivity index (χ1) is 14.3. The number of ether oxygens (including phenoxy) is 1. The van der Waals surface area contributed by atoms with Crippen molar-refractivity contribution in [3.8, 4) is 17.1 Å². The van der Waals surface area contributed by atoms with Crippen LogP contribution in [0.25, 0.3) is 11.3 Å². The second-order valence-electron chi connectivity index (χ2n) is 7.83. The molecule has 30 heavy (non-hydrogen) atoms.